The third kappa shape index (κ3) is 4.60. The first-order valence-corrected chi connectivity index (χ1v) is 7.56. The van der Waals surface area contributed by atoms with Gasteiger partial charge in [-0.3, -0.25) is 4.90 Å². The molecule has 18 heavy (non-hydrogen) atoms. The van der Waals surface area contributed by atoms with Crippen molar-refractivity contribution >= 4 is 27.3 Å². The van der Waals surface area contributed by atoms with E-state index in [0.29, 0.717) is 19.8 Å². The first-order chi connectivity index (χ1) is 8.74. The van der Waals surface area contributed by atoms with Gasteiger partial charge >= 0.3 is 0 Å². The van der Waals surface area contributed by atoms with Crippen LogP contribution in [0.4, 0.5) is 0 Å². The number of nitrogens with zero attached hydrogens (tertiary/aromatic N) is 1. The van der Waals surface area contributed by atoms with Gasteiger partial charge in [-0.2, -0.15) is 0 Å². The monoisotopic (exact) mass is 336 g/mol. The maximum absolute atomic E-state index is 5.94. The van der Waals surface area contributed by atoms with E-state index in [4.69, 9.17) is 15.2 Å². The molecule has 2 N–H and O–H groups in total. The van der Waals surface area contributed by atoms with E-state index in [1.54, 1.807) is 25.6 Å². The van der Waals surface area contributed by atoms with Crippen molar-refractivity contribution in [1.29, 1.82) is 0 Å². The Labute approximate surface area is 121 Å². The molecule has 0 saturated carbocycles. The molecule has 1 rings (SSSR count). The van der Waals surface area contributed by atoms with E-state index < -0.39 is 0 Å². The zero-order valence-electron chi connectivity index (χ0n) is 10.9. The summed E-state index contributed by atoms with van der Waals surface area (Å²) in [5.74, 6) is 0. The van der Waals surface area contributed by atoms with Gasteiger partial charge in [-0.05, 0) is 27.4 Å². The van der Waals surface area contributed by atoms with E-state index in [9.17, 15) is 0 Å². The van der Waals surface area contributed by atoms with Crippen molar-refractivity contribution in [2.24, 2.45) is 5.73 Å². The van der Waals surface area contributed by atoms with Gasteiger partial charge in [-0.15, -0.1) is 11.3 Å². The minimum absolute atomic E-state index is 0.213. The number of halogens is 1. The summed E-state index contributed by atoms with van der Waals surface area (Å²) >= 11 is 5.31. The van der Waals surface area contributed by atoms with Crippen molar-refractivity contribution < 1.29 is 9.47 Å². The van der Waals surface area contributed by atoms with Gasteiger partial charge in [0.25, 0.3) is 0 Å². The highest BCUT2D eigenvalue weighted by Crippen LogP contribution is 2.32. The maximum atomic E-state index is 5.94. The zero-order valence-corrected chi connectivity index (χ0v) is 13.3. The van der Waals surface area contributed by atoms with Crippen LogP contribution in [0.5, 0.6) is 0 Å². The lowest BCUT2D eigenvalue weighted by Crippen LogP contribution is -2.38. The zero-order chi connectivity index (χ0) is 13.4. The first-order valence-electron chi connectivity index (χ1n) is 5.89. The minimum Gasteiger partial charge on any atom is -0.383 e. The van der Waals surface area contributed by atoms with E-state index >= 15 is 0 Å². The number of ether oxygens (including phenoxy) is 2. The summed E-state index contributed by atoms with van der Waals surface area (Å²) in [5.41, 5.74) is 5.94. The fourth-order valence-corrected chi connectivity index (χ4v) is 3.59. The molecule has 0 amide bonds. The number of rotatable bonds is 9. The van der Waals surface area contributed by atoms with Crippen LogP contribution in [0.3, 0.4) is 0 Å². The second-order valence-electron chi connectivity index (χ2n) is 3.91. The fraction of sp³-hybridized carbons (Fsp3) is 0.667. The van der Waals surface area contributed by atoms with Crippen LogP contribution in [0, 0.1) is 0 Å². The van der Waals surface area contributed by atoms with Crippen molar-refractivity contribution in [2.75, 3.05) is 47.1 Å². The Hall–Kier alpha value is 0.0200. The number of hydrogen-bond acceptors (Lipinski definition) is 5. The highest BCUT2D eigenvalue weighted by molar-refractivity contribution is 9.10. The lowest BCUT2D eigenvalue weighted by molar-refractivity contribution is 0.0899. The van der Waals surface area contributed by atoms with Crippen LogP contribution in [0.2, 0.25) is 0 Å². The molecule has 104 valence electrons. The molecule has 0 radical (unpaired) electrons. The van der Waals surface area contributed by atoms with Crippen molar-refractivity contribution in [3.05, 3.63) is 20.8 Å². The third-order valence-electron chi connectivity index (χ3n) is 2.78. The molecule has 1 unspecified atom stereocenters. The summed E-state index contributed by atoms with van der Waals surface area (Å²) in [4.78, 5) is 3.58. The fourth-order valence-electron chi connectivity index (χ4n) is 1.81. The van der Waals surface area contributed by atoms with Crippen LogP contribution in [0.15, 0.2) is 15.9 Å². The SMILES string of the molecule is COCCN(CCOC)C(CN)c1sccc1Br. The summed E-state index contributed by atoms with van der Waals surface area (Å²) in [5, 5.41) is 2.08. The summed E-state index contributed by atoms with van der Waals surface area (Å²) in [6, 6.07) is 2.28. The van der Waals surface area contributed by atoms with Gasteiger partial charge in [0.2, 0.25) is 0 Å². The quantitative estimate of drug-likeness (QED) is 0.750. The van der Waals surface area contributed by atoms with Crippen molar-refractivity contribution in [3.63, 3.8) is 0 Å². The normalized spacial score (nSPS) is 13.2. The van der Waals surface area contributed by atoms with E-state index in [1.807, 2.05) is 0 Å². The molecule has 1 aromatic heterocycles. The van der Waals surface area contributed by atoms with Crippen LogP contribution in [0.25, 0.3) is 0 Å². The largest absolute Gasteiger partial charge is 0.383 e. The van der Waals surface area contributed by atoms with Crippen LogP contribution in [-0.2, 0) is 9.47 Å². The average molecular weight is 337 g/mol. The Morgan fingerprint density at radius 3 is 2.33 bits per heavy atom. The number of nitrogens with two attached hydrogens (primary N) is 1. The van der Waals surface area contributed by atoms with E-state index in [1.165, 1.54) is 4.88 Å². The second kappa shape index (κ2) is 9.01. The van der Waals surface area contributed by atoms with Crippen molar-refractivity contribution in [3.8, 4) is 0 Å². The van der Waals surface area contributed by atoms with Crippen LogP contribution in [-0.4, -0.2) is 52.0 Å². The molecule has 0 saturated heterocycles. The molecule has 0 aliphatic heterocycles. The van der Waals surface area contributed by atoms with E-state index in [2.05, 4.69) is 32.3 Å². The molecule has 1 heterocycles. The Morgan fingerprint density at radius 1 is 1.33 bits per heavy atom. The van der Waals surface area contributed by atoms with Gasteiger partial charge in [0.1, 0.15) is 0 Å². The Kier molecular flexibility index (Phi) is 8.05. The van der Waals surface area contributed by atoms with Gasteiger partial charge in [-0.1, -0.05) is 0 Å². The third-order valence-corrected chi connectivity index (χ3v) is 4.75. The Balaban J connectivity index is 2.75. The summed E-state index contributed by atoms with van der Waals surface area (Å²) in [6.07, 6.45) is 0. The van der Waals surface area contributed by atoms with Gasteiger partial charge in [0, 0.05) is 43.2 Å². The highest BCUT2D eigenvalue weighted by Gasteiger charge is 2.21. The lowest BCUT2D eigenvalue weighted by Gasteiger charge is -2.30. The topological polar surface area (TPSA) is 47.7 Å². The second-order valence-corrected chi connectivity index (χ2v) is 5.71. The van der Waals surface area contributed by atoms with Crippen molar-refractivity contribution in [2.45, 2.75) is 6.04 Å². The molecule has 1 atom stereocenters. The predicted octanol–water partition coefficient (Wildman–Crippen LogP) is 2.11. The van der Waals surface area contributed by atoms with Crippen LogP contribution < -0.4 is 5.73 Å². The predicted molar refractivity (Wildman–Crippen MR) is 79.1 cm³/mol. The molecular weight excluding hydrogens is 316 g/mol. The molecule has 0 aromatic carbocycles. The van der Waals surface area contributed by atoms with Gasteiger partial charge < -0.3 is 15.2 Å². The summed E-state index contributed by atoms with van der Waals surface area (Å²) in [6.45, 7) is 3.69. The molecule has 0 fully saturated rings. The van der Waals surface area contributed by atoms with Crippen LogP contribution in [0.1, 0.15) is 10.9 Å². The summed E-state index contributed by atoms with van der Waals surface area (Å²) < 4.78 is 11.5. The van der Waals surface area contributed by atoms with Gasteiger partial charge in [0.05, 0.1) is 19.3 Å². The highest BCUT2D eigenvalue weighted by atomic mass is 79.9. The number of methoxy groups -OCH3 is 2. The molecular formula is C12H21BrN2O2S. The maximum Gasteiger partial charge on any atom is 0.0589 e. The minimum atomic E-state index is 0.213. The number of thiophene rings is 1. The molecule has 0 aliphatic carbocycles. The van der Waals surface area contributed by atoms with Gasteiger partial charge in [0.15, 0.2) is 0 Å². The molecule has 0 bridgehead atoms. The Morgan fingerprint density at radius 2 is 1.94 bits per heavy atom. The van der Waals surface area contributed by atoms with Gasteiger partial charge in [-0.25, -0.2) is 0 Å². The van der Waals surface area contributed by atoms with E-state index in [0.717, 1.165) is 17.6 Å². The smallest absolute Gasteiger partial charge is 0.0589 e. The average Bonchev–Trinajstić information content (AvgIpc) is 2.79. The Bertz CT molecular complexity index is 328. The molecule has 4 nitrogen and oxygen atoms in total. The first kappa shape index (κ1) is 16.1. The molecule has 0 spiro atoms. The lowest BCUT2D eigenvalue weighted by atomic mass is 10.2. The number of hydrogen-bond donors (Lipinski definition) is 1. The molecule has 1 aromatic rings. The summed E-state index contributed by atoms with van der Waals surface area (Å²) in [7, 11) is 3.43. The van der Waals surface area contributed by atoms with Crippen molar-refractivity contribution in [1.82, 2.24) is 4.90 Å². The standard InChI is InChI=1S/C12H21BrN2O2S/c1-16-6-4-15(5-7-17-2)11(9-14)12-10(13)3-8-18-12/h3,8,11H,4-7,9,14H2,1-2H3. The van der Waals surface area contributed by atoms with Crippen LogP contribution >= 0.6 is 27.3 Å². The molecule has 0 aliphatic rings. The van der Waals surface area contributed by atoms with E-state index in [-0.39, 0.29) is 6.04 Å². The molecule has 6 heteroatoms.